The number of hydrogen-bond acceptors (Lipinski definition) is 4. The predicted molar refractivity (Wildman–Crippen MR) is 109 cm³/mol. The summed E-state index contributed by atoms with van der Waals surface area (Å²) in [5, 5.41) is 11.4. The van der Waals surface area contributed by atoms with Gasteiger partial charge in [-0.05, 0) is 24.3 Å². The molecule has 3 aromatic carbocycles. The van der Waals surface area contributed by atoms with Crippen LogP contribution in [0.1, 0.15) is 11.3 Å². The molecule has 0 saturated heterocycles. The minimum absolute atomic E-state index is 0.0919. The highest BCUT2D eigenvalue weighted by Crippen LogP contribution is 2.28. The van der Waals surface area contributed by atoms with Crippen LogP contribution in [0.25, 0.3) is 22.3 Å². The molecule has 1 heterocycles. The first-order chi connectivity index (χ1) is 13.1. The number of para-hydroxylation sites is 3. The van der Waals surface area contributed by atoms with Crippen LogP contribution in [-0.4, -0.2) is 14.9 Å². The maximum absolute atomic E-state index is 11.4. The van der Waals surface area contributed by atoms with Crippen molar-refractivity contribution in [1.82, 2.24) is 9.97 Å². The Hall–Kier alpha value is -3.12. The SMILES string of the molecule is O=[N+]([O-])c1ccccc1Cc1nc2ccccc2nc1-c1ccc(Br)cc1. The molecule has 0 aliphatic rings. The molecule has 0 amide bonds. The number of aromatic nitrogens is 2. The van der Waals surface area contributed by atoms with E-state index in [2.05, 4.69) is 15.9 Å². The molecule has 0 radical (unpaired) electrons. The molecule has 0 spiro atoms. The Morgan fingerprint density at radius 1 is 0.852 bits per heavy atom. The van der Waals surface area contributed by atoms with Gasteiger partial charge in [-0.1, -0.05) is 58.4 Å². The summed E-state index contributed by atoms with van der Waals surface area (Å²) in [4.78, 5) is 20.6. The first kappa shape index (κ1) is 17.3. The van der Waals surface area contributed by atoms with Gasteiger partial charge in [0.2, 0.25) is 0 Å². The lowest BCUT2D eigenvalue weighted by Crippen LogP contribution is -2.02. The smallest absolute Gasteiger partial charge is 0.258 e. The number of rotatable bonds is 4. The van der Waals surface area contributed by atoms with Crippen molar-refractivity contribution in [3.8, 4) is 11.3 Å². The maximum atomic E-state index is 11.4. The number of fused-ring (bicyclic) bond motifs is 1. The fraction of sp³-hybridized carbons (Fsp3) is 0.0476. The molecule has 1 aromatic heterocycles. The third-order valence-corrected chi connectivity index (χ3v) is 4.84. The lowest BCUT2D eigenvalue weighted by Gasteiger charge is -2.11. The second-order valence-corrected chi connectivity index (χ2v) is 6.99. The zero-order valence-electron chi connectivity index (χ0n) is 14.2. The third-order valence-electron chi connectivity index (χ3n) is 4.31. The monoisotopic (exact) mass is 419 g/mol. The summed E-state index contributed by atoms with van der Waals surface area (Å²) in [6.45, 7) is 0. The first-order valence-electron chi connectivity index (χ1n) is 8.36. The largest absolute Gasteiger partial charge is 0.272 e. The maximum Gasteiger partial charge on any atom is 0.272 e. The van der Waals surface area contributed by atoms with Gasteiger partial charge in [0, 0.05) is 28.1 Å². The van der Waals surface area contributed by atoms with E-state index in [1.54, 1.807) is 18.2 Å². The van der Waals surface area contributed by atoms with Crippen molar-refractivity contribution in [2.45, 2.75) is 6.42 Å². The number of benzene rings is 3. The van der Waals surface area contributed by atoms with Crippen LogP contribution in [-0.2, 0) is 6.42 Å². The normalized spacial score (nSPS) is 10.9. The predicted octanol–water partition coefficient (Wildman–Crippen LogP) is 5.56. The van der Waals surface area contributed by atoms with Gasteiger partial charge in [-0.3, -0.25) is 10.1 Å². The lowest BCUT2D eigenvalue weighted by atomic mass is 10.0. The molecule has 6 heteroatoms. The minimum atomic E-state index is -0.358. The highest BCUT2D eigenvalue weighted by molar-refractivity contribution is 9.10. The second-order valence-electron chi connectivity index (χ2n) is 6.08. The van der Waals surface area contributed by atoms with Crippen LogP contribution < -0.4 is 0 Å². The molecule has 0 bridgehead atoms. The highest BCUT2D eigenvalue weighted by atomic mass is 79.9. The van der Waals surface area contributed by atoms with Crippen molar-refractivity contribution < 1.29 is 4.92 Å². The molecule has 27 heavy (non-hydrogen) atoms. The van der Waals surface area contributed by atoms with Gasteiger partial charge in [0.1, 0.15) is 0 Å². The van der Waals surface area contributed by atoms with Crippen LogP contribution in [0, 0.1) is 10.1 Å². The molecule has 4 rings (SSSR count). The van der Waals surface area contributed by atoms with Crippen LogP contribution in [0.5, 0.6) is 0 Å². The van der Waals surface area contributed by atoms with E-state index in [1.807, 2.05) is 48.5 Å². The highest BCUT2D eigenvalue weighted by Gasteiger charge is 2.17. The Morgan fingerprint density at radius 2 is 1.48 bits per heavy atom. The summed E-state index contributed by atoms with van der Waals surface area (Å²) in [6.07, 6.45) is 0.334. The molecule has 0 atom stereocenters. The van der Waals surface area contributed by atoms with Crippen molar-refractivity contribution in [3.05, 3.63) is 98.6 Å². The van der Waals surface area contributed by atoms with E-state index >= 15 is 0 Å². The van der Waals surface area contributed by atoms with Crippen LogP contribution in [0.15, 0.2) is 77.3 Å². The minimum Gasteiger partial charge on any atom is -0.258 e. The van der Waals surface area contributed by atoms with E-state index < -0.39 is 0 Å². The molecular formula is C21H14BrN3O2. The van der Waals surface area contributed by atoms with E-state index in [1.165, 1.54) is 6.07 Å². The van der Waals surface area contributed by atoms with Crippen LogP contribution in [0.2, 0.25) is 0 Å². The van der Waals surface area contributed by atoms with Crippen molar-refractivity contribution in [3.63, 3.8) is 0 Å². The molecular weight excluding hydrogens is 406 g/mol. The second kappa shape index (κ2) is 7.25. The van der Waals surface area contributed by atoms with Gasteiger partial charge in [-0.25, -0.2) is 9.97 Å². The molecule has 5 nitrogen and oxygen atoms in total. The standard InChI is InChI=1S/C21H14BrN3O2/c22-16-11-9-14(10-12-16)21-19(23-17-6-2-3-7-18(17)24-21)13-15-5-1-4-8-20(15)25(26)27/h1-12H,13H2. The third kappa shape index (κ3) is 3.57. The summed E-state index contributed by atoms with van der Waals surface area (Å²) in [5.41, 5.74) is 4.64. The van der Waals surface area contributed by atoms with E-state index in [9.17, 15) is 10.1 Å². The van der Waals surface area contributed by atoms with E-state index in [-0.39, 0.29) is 10.6 Å². The Balaban J connectivity index is 1.89. The van der Waals surface area contributed by atoms with Crippen molar-refractivity contribution in [1.29, 1.82) is 0 Å². The first-order valence-corrected chi connectivity index (χ1v) is 9.15. The van der Waals surface area contributed by atoms with E-state index in [4.69, 9.17) is 9.97 Å². The van der Waals surface area contributed by atoms with Gasteiger partial charge in [0.15, 0.2) is 0 Å². The van der Waals surface area contributed by atoms with Crippen molar-refractivity contribution in [2.75, 3.05) is 0 Å². The van der Waals surface area contributed by atoms with Gasteiger partial charge in [-0.2, -0.15) is 0 Å². The lowest BCUT2D eigenvalue weighted by molar-refractivity contribution is -0.385. The molecule has 0 unspecified atom stereocenters. The topological polar surface area (TPSA) is 68.9 Å². The molecule has 4 aromatic rings. The zero-order chi connectivity index (χ0) is 18.8. The average Bonchev–Trinajstić information content (AvgIpc) is 2.68. The van der Waals surface area contributed by atoms with Crippen molar-refractivity contribution in [2.24, 2.45) is 0 Å². The average molecular weight is 420 g/mol. The number of halogens is 1. The summed E-state index contributed by atoms with van der Waals surface area (Å²) in [7, 11) is 0. The Bertz CT molecular complexity index is 1140. The van der Waals surface area contributed by atoms with Gasteiger partial charge < -0.3 is 0 Å². The van der Waals surface area contributed by atoms with Crippen LogP contribution in [0.3, 0.4) is 0 Å². The Morgan fingerprint density at radius 3 is 2.19 bits per heavy atom. The number of hydrogen-bond donors (Lipinski definition) is 0. The fourth-order valence-corrected chi connectivity index (χ4v) is 3.28. The molecule has 132 valence electrons. The van der Waals surface area contributed by atoms with Crippen molar-refractivity contribution >= 4 is 32.7 Å². The summed E-state index contributed by atoms with van der Waals surface area (Å²) < 4.78 is 0.972. The summed E-state index contributed by atoms with van der Waals surface area (Å²) in [5.74, 6) is 0. The summed E-state index contributed by atoms with van der Waals surface area (Å²) in [6, 6.07) is 22.2. The van der Waals surface area contributed by atoms with Crippen LogP contribution >= 0.6 is 15.9 Å². The van der Waals surface area contributed by atoms with E-state index in [0.29, 0.717) is 17.7 Å². The quantitative estimate of drug-likeness (QED) is 0.320. The molecule has 0 aliphatic heterocycles. The fourth-order valence-electron chi connectivity index (χ4n) is 3.02. The molecule has 0 aliphatic carbocycles. The number of nitro groups is 1. The molecule has 0 fully saturated rings. The molecule has 0 N–H and O–H groups in total. The molecule has 0 saturated carbocycles. The van der Waals surface area contributed by atoms with Gasteiger partial charge >= 0.3 is 0 Å². The Labute approximate surface area is 164 Å². The van der Waals surface area contributed by atoms with Crippen LogP contribution in [0.4, 0.5) is 5.69 Å². The van der Waals surface area contributed by atoms with Gasteiger partial charge in [-0.15, -0.1) is 0 Å². The van der Waals surface area contributed by atoms with Gasteiger partial charge in [0.25, 0.3) is 5.69 Å². The Kier molecular flexibility index (Phi) is 4.64. The zero-order valence-corrected chi connectivity index (χ0v) is 15.8. The van der Waals surface area contributed by atoms with E-state index in [0.717, 1.165) is 26.8 Å². The summed E-state index contributed by atoms with van der Waals surface area (Å²) >= 11 is 3.44. The number of nitro benzene ring substituents is 1. The number of nitrogens with zero attached hydrogens (tertiary/aromatic N) is 3. The van der Waals surface area contributed by atoms with Gasteiger partial charge in [0.05, 0.1) is 27.3 Å².